The summed E-state index contributed by atoms with van der Waals surface area (Å²) in [4.78, 5) is 31.3. The average molecular weight is 333 g/mol. The molecule has 0 radical (unpaired) electrons. The summed E-state index contributed by atoms with van der Waals surface area (Å²) in [5.41, 5.74) is 2.98. The lowest BCUT2D eigenvalue weighted by Gasteiger charge is -2.25. The molecule has 2 aromatic carbocycles. The van der Waals surface area contributed by atoms with Gasteiger partial charge in [-0.25, -0.2) is 4.98 Å². The lowest BCUT2D eigenvalue weighted by atomic mass is 10.1. The van der Waals surface area contributed by atoms with Crippen LogP contribution >= 0.6 is 0 Å². The van der Waals surface area contributed by atoms with Crippen LogP contribution in [-0.2, 0) is 17.8 Å². The topological polar surface area (TPSA) is 55.2 Å². The van der Waals surface area contributed by atoms with Crippen molar-refractivity contribution in [1.29, 1.82) is 0 Å². The highest BCUT2D eigenvalue weighted by Crippen LogP contribution is 2.34. The van der Waals surface area contributed by atoms with Crippen LogP contribution in [-0.4, -0.2) is 27.4 Å². The van der Waals surface area contributed by atoms with Crippen molar-refractivity contribution in [3.05, 3.63) is 76.3 Å². The maximum atomic E-state index is 12.7. The molecule has 3 aromatic rings. The van der Waals surface area contributed by atoms with Crippen molar-refractivity contribution in [3.63, 3.8) is 0 Å². The molecule has 25 heavy (non-hydrogen) atoms. The normalized spacial score (nSPS) is 16.0. The van der Waals surface area contributed by atoms with Gasteiger partial charge in [0.05, 0.1) is 23.3 Å². The van der Waals surface area contributed by atoms with Crippen LogP contribution in [0.25, 0.3) is 10.9 Å². The molecule has 1 heterocycles. The molecule has 0 N–H and O–H groups in total. The molecule has 0 aliphatic heterocycles. The van der Waals surface area contributed by atoms with Gasteiger partial charge in [0.1, 0.15) is 6.54 Å². The summed E-state index contributed by atoms with van der Waals surface area (Å²) in [6, 6.07) is 15.5. The average Bonchev–Trinajstić information content (AvgIpc) is 3.07. The number of para-hydroxylation sites is 1. The number of benzene rings is 2. The summed E-state index contributed by atoms with van der Waals surface area (Å²) in [7, 11) is 1.81. The molecule has 0 bridgehead atoms. The van der Waals surface area contributed by atoms with Crippen molar-refractivity contribution in [3.8, 4) is 0 Å². The van der Waals surface area contributed by atoms with E-state index in [0.29, 0.717) is 10.9 Å². The summed E-state index contributed by atoms with van der Waals surface area (Å²) in [6.07, 6.45) is 3.36. The van der Waals surface area contributed by atoms with Crippen LogP contribution in [0.3, 0.4) is 0 Å². The van der Waals surface area contributed by atoms with Gasteiger partial charge in [0.15, 0.2) is 0 Å². The van der Waals surface area contributed by atoms with Gasteiger partial charge in [-0.05, 0) is 36.1 Å². The van der Waals surface area contributed by atoms with Gasteiger partial charge in [-0.1, -0.05) is 36.4 Å². The third kappa shape index (κ3) is 2.71. The molecule has 1 amide bonds. The summed E-state index contributed by atoms with van der Waals surface area (Å²) < 4.78 is 1.39. The molecule has 0 spiro atoms. The van der Waals surface area contributed by atoms with Crippen LogP contribution in [0.4, 0.5) is 0 Å². The minimum Gasteiger partial charge on any atom is -0.337 e. The third-order valence-electron chi connectivity index (χ3n) is 5.00. The van der Waals surface area contributed by atoms with E-state index in [1.54, 1.807) is 23.1 Å². The molecule has 1 aliphatic carbocycles. The predicted molar refractivity (Wildman–Crippen MR) is 96.3 cm³/mol. The quantitative estimate of drug-likeness (QED) is 0.740. The largest absolute Gasteiger partial charge is 0.337 e. The molecule has 1 unspecified atom stereocenters. The zero-order chi connectivity index (χ0) is 17.4. The van der Waals surface area contributed by atoms with Crippen LogP contribution < -0.4 is 5.56 Å². The second-order valence-electron chi connectivity index (χ2n) is 6.45. The minimum atomic E-state index is -0.181. The van der Waals surface area contributed by atoms with Crippen molar-refractivity contribution in [2.24, 2.45) is 0 Å². The van der Waals surface area contributed by atoms with E-state index in [2.05, 4.69) is 17.1 Å². The number of hydrogen-bond donors (Lipinski definition) is 0. The molecule has 4 rings (SSSR count). The number of aromatic nitrogens is 2. The van der Waals surface area contributed by atoms with E-state index in [0.717, 1.165) is 12.8 Å². The SMILES string of the molecule is CN(C(=O)Cn1cnc2ccccc2c1=O)C1CCc2ccccc21. The van der Waals surface area contributed by atoms with Gasteiger partial charge in [-0.3, -0.25) is 14.2 Å². The number of carbonyl (C=O) groups excluding carboxylic acids is 1. The van der Waals surface area contributed by atoms with Crippen molar-refractivity contribution in [2.45, 2.75) is 25.4 Å². The summed E-state index contributed by atoms with van der Waals surface area (Å²) >= 11 is 0. The Hall–Kier alpha value is -2.95. The molecular formula is C20H19N3O2. The first-order valence-corrected chi connectivity index (χ1v) is 8.43. The van der Waals surface area contributed by atoms with Crippen LogP contribution in [0.1, 0.15) is 23.6 Å². The standard InChI is InChI=1S/C20H19N3O2/c1-22(18-11-10-14-6-2-3-7-15(14)18)19(24)12-23-13-21-17-9-5-4-8-16(17)20(23)25/h2-9,13,18H,10-12H2,1H3. The molecule has 126 valence electrons. The first-order valence-electron chi connectivity index (χ1n) is 8.43. The monoisotopic (exact) mass is 333 g/mol. The molecule has 0 saturated heterocycles. The van der Waals surface area contributed by atoms with Gasteiger partial charge in [0, 0.05) is 7.05 Å². The number of carbonyl (C=O) groups is 1. The molecule has 1 atom stereocenters. The lowest BCUT2D eigenvalue weighted by Crippen LogP contribution is -2.35. The Morgan fingerprint density at radius 2 is 1.96 bits per heavy atom. The Morgan fingerprint density at radius 1 is 1.20 bits per heavy atom. The zero-order valence-electron chi connectivity index (χ0n) is 14.1. The van der Waals surface area contributed by atoms with Gasteiger partial charge < -0.3 is 4.90 Å². The number of rotatable bonds is 3. The number of hydrogen-bond acceptors (Lipinski definition) is 3. The van der Waals surface area contributed by atoms with E-state index in [9.17, 15) is 9.59 Å². The van der Waals surface area contributed by atoms with E-state index in [1.165, 1.54) is 22.0 Å². The third-order valence-corrected chi connectivity index (χ3v) is 5.00. The fourth-order valence-corrected chi connectivity index (χ4v) is 3.59. The highest BCUT2D eigenvalue weighted by atomic mass is 16.2. The highest BCUT2D eigenvalue weighted by molar-refractivity contribution is 5.79. The smallest absolute Gasteiger partial charge is 0.261 e. The Bertz CT molecular complexity index is 1010. The molecule has 1 aliphatic rings. The van der Waals surface area contributed by atoms with Crippen molar-refractivity contribution in [1.82, 2.24) is 14.5 Å². The Morgan fingerprint density at radius 3 is 2.84 bits per heavy atom. The van der Waals surface area contributed by atoms with Gasteiger partial charge in [0.2, 0.25) is 5.91 Å². The number of fused-ring (bicyclic) bond motifs is 2. The molecule has 5 nitrogen and oxygen atoms in total. The first-order chi connectivity index (χ1) is 12.1. The fourth-order valence-electron chi connectivity index (χ4n) is 3.59. The highest BCUT2D eigenvalue weighted by Gasteiger charge is 2.28. The van der Waals surface area contributed by atoms with Crippen LogP contribution in [0.2, 0.25) is 0 Å². The van der Waals surface area contributed by atoms with Gasteiger partial charge in [-0.2, -0.15) is 0 Å². The van der Waals surface area contributed by atoms with Crippen LogP contribution in [0.5, 0.6) is 0 Å². The fraction of sp³-hybridized carbons (Fsp3) is 0.250. The Labute approximate surface area is 145 Å². The minimum absolute atomic E-state index is 0.00579. The predicted octanol–water partition coefficient (Wildman–Crippen LogP) is 2.54. The number of likely N-dealkylation sites (N-methyl/N-ethyl adjacent to an activating group) is 1. The zero-order valence-corrected chi connectivity index (χ0v) is 14.1. The Balaban J connectivity index is 1.58. The molecule has 0 saturated carbocycles. The second-order valence-corrected chi connectivity index (χ2v) is 6.45. The van der Waals surface area contributed by atoms with Gasteiger partial charge >= 0.3 is 0 Å². The maximum absolute atomic E-state index is 12.7. The first kappa shape index (κ1) is 15.6. The van der Waals surface area contributed by atoms with E-state index < -0.39 is 0 Å². The summed E-state index contributed by atoms with van der Waals surface area (Å²) in [6.45, 7) is 0.00579. The maximum Gasteiger partial charge on any atom is 0.261 e. The number of nitrogens with zero attached hydrogens (tertiary/aromatic N) is 3. The lowest BCUT2D eigenvalue weighted by molar-refractivity contribution is -0.132. The van der Waals surface area contributed by atoms with Gasteiger partial charge in [0.25, 0.3) is 5.56 Å². The Kier molecular flexibility index (Phi) is 3.84. The molecular weight excluding hydrogens is 314 g/mol. The summed E-state index contributed by atoms with van der Waals surface area (Å²) in [5.74, 6) is -0.0825. The van der Waals surface area contributed by atoms with Crippen LogP contribution in [0, 0.1) is 0 Å². The van der Waals surface area contributed by atoms with E-state index in [-0.39, 0.29) is 24.1 Å². The molecule has 5 heteroatoms. The molecule has 1 aromatic heterocycles. The van der Waals surface area contributed by atoms with E-state index >= 15 is 0 Å². The van der Waals surface area contributed by atoms with Crippen molar-refractivity contribution < 1.29 is 4.79 Å². The van der Waals surface area contributed by atoms with E-state index in [1.807, 2.05) is 25.2 Å². The van der Waals surface area contributed by atoms with Crippen LogP contribution in [0.15, 0.2) is 59.7 Å². The van der Waals surface area contributed by atoms with E-state index in [4.69, 9.17) is 0 Å². The van der Waals surface area contributed by atoms with Crippen molar-refractivity contribution in [2.75, 3.05) is 7.05 Å². The second kappa shape index (κ2) is 6.16. The van der Waals surface area contributed by atoms with Gasteiger partial charge in [-0.15, -0.1) is 0 Å². The molecule has 0 fully saturated rings. The summed E-state index contributed by atoms with van der Waals surface area (Å²) in [5, 5.41) is 0.534. The number of aryl methyl sites for hydroxylation is 1. The van der Waals surface area contributed by atoms with Crippen molar-refractivity contribution >= 4 is 16.8 Å². The number of amides is 1.